The van der Waals surface area contributed by atoms with E-state index in [1.807, 2.05) is 13.0 Å². The van der Waals surface area contributed by atoms with Gasteiger partial charge in [-0.25, -0.2) is 4.98 Å². The topological polar surface area (TPSA) is 43.4 Å². The van der Waals surface area contributed by atoms with Crippen LogP contribution in [0.25, 0.3) is 0 Å². The number of benzene rings is 1. The highest BCUT2D eigenvalue weighted by atomic mass is 32.1. The molecule has 0 radical (unpaired) electrons. The van der Waals surface area contributed by atoms with Crippen molar-refractivity contribution in [2.24, 2.45) is 0 Å². The van der Waals surface area contributed by atoms with Gasteiger partial charge in [0.05, 0.1) is 19.3 Å². The van der Waals surface area contributed by atoms with Gasteiger partial charge < -0.3 is 14.8 Å². The predicted octanol–water partition coefficient (Wildman–Crippen LogP) is 3.31. The van der Waals surface area contributed by atoms with Gasteiger partial charge in [0.25, 0.3) is 0 Å². The maximum Gasteiger partial charge on any atom is 0.161 e. The van der Waals surface area contributed by atoms with Crippen LogP contribution in [0.1, 0.15) is 35.7 Å². The molecule has 3 rings (SSSR count). The van der Waals surface area contributed by atoms with Gasteiger partial charge in [0.1, 0.15) is 5.01 Å². The number of ether oxygens (including phenoxy) is 2. The molecule has 1 aliphatic heterocycles. The summed E-state index contributed by atoms with van der Waals surface area (Å²) in [7, 11) is 0. The van der Waals surface area contributed by atoms with Gasteiger partial charge in [-0.1, -0.05) is 13.0 Å². The first-order chi connectivity index (χ1) is 10.3. The Bertz CT molecular complexity index is 612. The molecule has 2 aromatic rings. The number of thiazole rings is 1. The lowest BCUT2D eigenvalue weighted by molar-refractivity contribution is 0.297. The smallest absolute Gasteiger partial charge is 0.161 e. The minimum Gasteiger partial charge on any atom is -0.490 e. The zero-order valence-corrected chi connectivity index (χ0v) is 13.2. The van der Waals surface area contributed by atoms with Crippen LogP contribution in [0.4, 0.5) is 0 Å². The second-order valence-electron chi connectivity index (χ2n) is 5.07. The highest BCUT2D eigenvalue weighted by Gasteiger charge is 2.19. The Morgan fingerprint density at radius 2 is 2.10 bits per heavy atom. The molecule has 112 valence electrons. The standard InChI is InChI=1S/C16H20N2O2S/c1-3-17-15(16-18-11(2)10-21-16)12-5-6-13-14(9-12)20-8-4-7-19-13/h5-6,9-10,15,17H,3-4,7-8H2,1-2H3. The van der Waals surface area contributed by atoms with Crippen LogP contribution in [-0.2, 0) is 0 Å². The van der Waals surface area contributed by atoms with Crippen molar-refractivity contribution in [1.29, 1.82) is 0 Å². The Morgan fingerprint density at radius 1 is 1.29 bits per heavy atom. The van der Waals surface area contributed by atoms with Crippen LogP contribution < -0.4 is 14.8 Å². The van der Waals surface area contributed by atoms with E-state index < -0.39 is 0 Å². The number of hydrogen-bond acceptors (Lipinski definition) is 5. The number of aryl methyl sites for hydroxylation is 1. The lowest BCUT2D eigenvalue weighted by Gasteiger charge is -2.17. The summed E-state index contributed by atoms with van der Waals surface area (Å²) in [4.78, 5) is 4.62. The molecule has 1 aromatic heterocycles. The molecule has 2 heterocycles. The van der Waals surface area contributed by atoms with Crippen molar-refractivity contribution in [2.75, 3.05) is 19.8 Å². The summed E-state index contributed by atoms with van der Waals surface area (Å²) >= 11 is 1.69. The van der Waals surface area contributed by atoms with Crippen molar-refractivity contribution in [3.8, 4) is 11.5 Å². The predicted molar refractivity (Wildman–Crippen MR) is 84.4 cm³/mol. The molecule has 0 amide bonds. The summed E-state index contributed by atoms with van der Waals surface area (Å²) < 4.78 is 11.5. The molecular formula is C16H20N2O2S. The number of aromatic nitrogens is 1. The van der Waals surface area contributed by atoms with Gasteiger partial charge in [-0.05, 0) is 31.2 Å². The van der Waals surface area contributed by atoms with Crippen LogP contribution in [0.15, 0.2) is 23.6 Å². The summed E-state index contributed by atoms with van der Waals surface area (Å²) in [5.41, 5.74) is 2.22. The van der Waals surface area contributed by atoms with Gasteiger partial charge in [-0.3, -0.25) is 0 Å². The van der Waals surface area contributed by atoms with E-state index in [1.54, 1.807) is 11.3 Å². The summed E-state index contributed by atoms with van der Waals surface area (Å²) in [5.74, 6) is 1.67. The Balaban J connectivity index is 1.94. The lowest BCUT2D eigenvalue weighted by atomic mass is 10.1. The van der Waals surface area contributed by atoms with E-state index in [0.29, 0.717) is 13.2 Å². The van der Waals surface area contributed by atoms with Gasteiger partial charge in [0, 0.05) is 17.5 Å². The molecule has 1 aromatic carbocycles. The molecule has 0 fully saturated rings. The maximum atomic E-state index is 5.79. The number of nitrogens with one attached hydrogen (secondary N) is 1. The molecular weight excluding hydrogens is 284 g/mol. The van der Waals surface area contributed by atoms with Crippen LogP contribution >= 0.6 is 11.3 Å². The van der Waals surface area contributed by atoms with Crippen LogP contribution in [0, 0.1) is 6.92 Å². The molecule has 0 spiro atoms. The van der Waals surface area contributed by atoms with Crippen molar-refractivity contribution in [2.45, 2.75) is 26.3 Å². The van der Waals surface area contributed by atoms with Crippen LogP contribution in [0.3, 0.4) is 0 Å². The Hall–Kier alpha value is -1.59. The minimum absolute atomic E-state index is 0.103. The number of hydrogen-bond donors (Lipinski definition) is 1. The van der Waals surface area contributed by atoms with Crippen molar-refractivity contribution in [3.63, 3.8) is 0 Å². The largest absolute Gasteiger partial charge is 0.490 e. The molecule has 1 atom stereocenters. The van der Waals surface area contributed by atoms with Crippen molar-refractivity contribution in [1.82, 2.24) is 10.3 Å². The first-order valence-electron chi connectivity index (χ1n) is 7.33. The molecule has 1 unspecified atom stereocenters. The Morgan fingerprint density at radius 3 is 2.81 bits per heavy atom. The van der Waals surface area contributed by atoms with E-state index in [-0.39, 0.29) is 6.04 Å². The van der Waals surface area contributed by atoms with E-state index in [2.05, 4.69) is 34.7 Å². The highest BCUT2D eigenvalue weighted by molar-refractivity contribution is 7.09. The van der Waals surface area contributed by atoms with Crippen molar-refractivity contribution >= 4 is 11.3 Å². The normalized spacial score (nSPS) is 15.5. The minimum atomic E-state index is 0.103. The van der Waals surface area contributed by atoms with Crippen LogP contribution in [0.5, 0.6) is 11.5 Å². The Kier molecular flexibility index (Phi) is 4.41. The first-order valence-corrected chi connectivity index (χ1v) is 8.21. The molecule has 0 bridgehead atoms. The zero-order valence-electron chi connectivity index (χ0n) is 12.4. The SMILES string of the molecule is CCNC(c1ccc2c(c1)OCCCO2)c1nc(C)cs1. The van der Waals surface area contributed by atoms with E-state index in [9.17, 15) is 0 Å². The summed E-state index contributed by atoms with van der Waals surface area (Å²) in [6, 6.07) is 6.27. The molecule has 5 heteroatoms. The van der Waals surface area contributed by atoms with E-state index >= 15 is 0 Å². The highest BCUT2D eigenvalue weighted by Crippen LogP contribution is 2.34. The van der Waals surface area contributed by atoms with E-state index in [4.69, 9.17) is 9.47 Å². The maximum absolute atomic E-state index is 5.79. The fourth-order valence-corrected chi connectivity index (χ4v) is 3.31. The Labute approximate surface area is 129 Å². The monoisotopic (exact) mass is 304 g/mol. The average molecular weight is 304 g/mol. The zero-order chi connectivity index (χ0) is 14.7. The third-order valence-corrected chi connectivity index (χ3v) is 4.42. The molecule has 0 saturated carbocycles. The quantitative estimate of drug-likeness (QED) is 0.941. The third-order valence-electron chi connectivity index (χ3n) is 3.40. The summed E-state index contributed by atoms with van der Waals surface area (Å²) in [6.45, 7) is 6.44. The number of rotatable bonds is 4. The number of fused-ring (bicyclic) bond motifs is 1. The molecule has 1 aliphatic rings. The number of nitrogens with zero attached hydrogens (tertiary/aromatic N) is 1. The van der Waals surface area contributed by atoms with Gasteiger partial charge in [0.2, 0.25) is 0 Å². The summed E-state index contributed by atoms with van der Waals surface area (Å²) in [6.07, 6.45) is 0.923. The third kappa shape index (κ3) is 3.19. The second-order valence-corrected chi connectivity index (χ2v) is 5.96. The first kappa shape index (κ1) is 14.4. The van der Waals surface area contributed by atoms with Crippen molar-refractivity contribution in [3.05, 3.63) is 39.8 Å². The van der Waals surface area contributed by atoms with Crippen molar-refractivity contribution < 1.29 is 9.47 Å². The lowest BCUT2D eigenvalue weighted by Crippen LogP contribution is -2.22. The molecule has 4 nitrogen and oxygen atoms in total. The van der Waals surface area contributed by atoms with E-state index in [1.165, 1.54) is 0 Å². The van der Waals surface area contributed by atoms with Crippen LogP contribution in [-0.4, -0.2) is 24.7 Å². The van der Waals surface area contributed by atoms with E-state index in [0.717, 1.165) is 40.7 Å². The second kappa shape index (κ2) is 6.45. The van der Waals surface area contributed by atoms with Gasteiger partial charge >= 0.3 is 0 Å². The molecule has 1 N–H and O–H groups in total. The van der Waals surface area contributed by atoms with Crippen LogP contribution in [0.2, 0.25) is 0 Å². The van der Waals surface area contributed by atoms with Gasteiger partial charge in [-0.15, -0.1) is 11.3 Å². The van der Waals surface area contributed by atoms with Gasteiger partial charge in [0.15, 0.2) is 11.5 Å². The molecule has 0 saturated heterocycles. The average Bonchev–Trinajstić information content (AvgIpc) is 2.78. The summed E-state index contributed by atoms with van der Waals surface area (Å²) in [5, 5.41) is 6.68. The molecule has 0 aliphatic carbocycles. The fourth-order valence-electron chi connectivity index (χ4n) is 2.42. The fraction of sp³-hybridized carbons (Fsp3) is 0.438. The molecule has 21 heavy (non-hydrogen) atoms. The van der Waals surface area contributed by atoms with Gasteiger partial charge in [-0.2, -0.15) is 0 Å².